The fraction of sp³-hybridized carbons (Fsp3) is 1.00. The van der Waals surface area contributed by atoms with Crippen LogP contribution in [0.3, 0.4) is 0 Å². The third-order valence-electron chi connectivity index (χ3n) is 2.37. The molecular formula is C10H21NO2. The summed E-state index contributed by atoms with van der Waals surface area (Å²) in [6.45, 7) is 4.07. The molecule has 1 fully saturated rings. The number of nitrogens with one attached hydrogen (secondary N) is 1. The Morgan fingerprint density at radius 1 is 1.46 bits per heavy atom. The van der Waals surface area contributed by atoms with Crippen LogP contribution >= 0.6 is 0 Å². The standard InChI is InChI=1S/C10H21NO2/c1-9(12)8-11-6-7-13-10-4-2-3-5-10/h9-12H,2-8H2,1H3/t9-/m0/s1. The van der Waals surface area contributed by atoms with Crippen LogP contribution in [0.4, 0.5) is 0 Å². The molecule has 0 radical (unpaired) electrons. The molecule has 3 heteroatoms. The Bertz CT molecular complexity index is 122. The molecule has 0 bridgehead atoms. The summed E-state index contributed by atoms with van der Waals surface area (Å²) in [5.74, 6) is 0. The summed E-state index contributed by atoms with van der Waals surface area (Å²) in [4.78, 5) is 0. The largest absolute Gasteiger partial charge is 0.392 e. The van der Waals surface area contributed by atoms with Crippen molar-refractivity contribution in [1.82, 2.24) is 5.32 Å². The second-order valence-corrected chi connectivity index (χ2v) is 3.83. The van der Waals surface area contributed by atoms with E-state index in [9.17, 15) is 0 Å². The molecule has 1 atom stereocenters. The van der Waals surface area contributed by atoms with Gasteiger partial charge in [-0.1, -0.05) is 12.8 Å². The maximum atomic E-state index is 8.96. The van der Waals surface area contributed by atoms with E-state index in [2.05, 4.69) is 5.32 Å². The molecule has 0 aromatic heterocycles. The molecule has 78 valence electrons. The van der Waals surface area contributed by atoms with Gasteiger partial charge in [-0.05, 0) is 19.8 Å². The molecule has 0 saturated heterocycles. The molecule has 0 unspecified atom stereocenters. The van der Waals surface area contributed by atoms with E-state index >= 15 is 0 Å². The Balaban J connectivity index is 1.83. The van der Waals surface area contributed by atoms with Gasteiger partial charge >= 0.3 is 0 Å². The van der Waals surface area contributed by atoms with Crippen molar-refractivity contribution in [3.63, 3.8) is 0 Å². The molecular weight excluding hydrogens is 166 g/mol. The highest BCUT2D eigenvalue weighted by Crippen LogP contribution is 2.20. The summed E-state index contributed by atoms with van der Waals surface area (Å²) >= 11 is 0. The van der Waals surface area contributed by atoms with Crippen molar-refractivity contribution in [2.75, 3.05) is 19.7 Å². The molecule has 0 aromatic rings. The molecule has 1 aliphatic carbocycles. The SMILES string of the molecule is C[C@H](O)CNCCOC1CCCC1. The van der Waals surface area contributed by atoms with Gasteiger partial charge in [0.1, 0.15) is 0 Å². The van der Waals surface area contributed by atoms with Crippen LogP contribution in [0.5, 0.6) is 0 Å². The van der Waals surface area contributed by atoms with Gasteiger partial charge in [0.25, 0.3) is 0 Å². The molecule has 0 amide bonds. The highest BCUT2D eigenvalue weighted by molar-refractivity contribution is 4.66. The van der Waals surface area contributed by atoms with E-state index in [-0.39, 0.29) is 6.10 Å². The first-order valence-electron chi connectivity index (χ1n) is 5.29. The molecule has 0 aromatic carbocycles. The Morgan fingerprint density at radius 3 is 2.77 bits per heavy atom. The Morgan fingerprint density at radius 2 is 2.15 bits per heavy atom. The lowest BCUT2D eigenvalue weighted by Crippen LogP contribution is -2.28. The predicted octanol–water partition coefficient (Wildman–Crippen LogP) is 0.916. The van der Waals surface area contributed by atoms with E-state index in [1.807, 2.05) is 0 Å². The highest BCUT2D eigenvalue weighted by Gasteiger charge is 2.14. The minimum atomic E-state index is -0.258. The molecule has 0 aliphatic heterocycles. The zero-order valence-corrected chi connectivity index (χ0v) is 8.46. The van der Waals surface area contributed by atoms with Gasteiger partial charge in [-0.15, -0.1) is 0 Å². The summed E-state index contributed by atoms with van der Waals surface area (Å²) in [5.41, 5.74) is 0. The first-order valence-corrected chi connectivity index (χ1v) is 5.29. The minimum Gasteiger partial charge on any atom is -0.392 e. The second kappa shape index (κ2) is 6.35. The van der Waals surface area contributed by atoms with E-state index in [4.69, 9.17) is 9.84 Å². The monoisotopic (exact) mass is 187 g/mol. The molecule has 0 spiro atoms. The van der Waals surface area contributed by atoms with E-state index in [1.54, 1.807) is 6.92 Å². The van der Waals surface area contributed by atoms with Crippen LogP contribution in [0.1, 0.15) is 32.6 Å². The quantitative estimate of drug-likeness (QED) is 0.607. The topological polar surface area (TPSA) is 41.5 Å². The number of hydrogen-bond donors (Lipinski definition) is 2. The maximum absolute atomic E-state index is 8.96. The van der Waals surface area contributed by atoms with Crippen molar-refractivity contribution in [3.05, 3.63) is 0 Å². The van der Waals surface area contributed by atoms with Crippen molar-refractivity contribution >= 4 is 0 Å². The Kier molecular flexibility index (Phi) is 5.35. The summed E-state index contributed by atoms with van der Waals surface area (Å²) < 4.78 is 5.64. The molecule has 13 heavy (non-hydrogen) atoms. The average molecular weight is 187 g/mol. The van der Waals surface area contributed by atoms with Gasteiger partial charge in [0.2, 0.25) is 0 Å². The number of aliphatic hydroxyl groups excluding tert-OH is 1. The van der Waals surface area contributed by atoms with E-state index in [1.165, 1.54) is 25.7 Å². The van der Waals surface area contributed by atoms with E-state index in [0.717, 1.165) is 13.2 Å². The van der Waals surface area contributed by atoms with Gasteiger partial charge in [0.15, 0.2) is 0 Å². The van der Waals surface area contributed by atoms with E-state index < -0.39 is 0 Å². The van der Waals surface area contributed by atoms with Crippen molar-refractivity contribution < 1.29 is 9.84 Å². The number of rotatable bonds is 6. The molecule has 1 saturated carbocycles. The zero-order chi connectivity index (χ0) is 9.52. The lowest BCUT2D eigenvalue weighted by Gasteiger charge is -2.11. The van der Waals surface area contributed by atoms with E-state index in [0.29, 0.717) is 12.6 Å². The summed E-state index contributed by atoms with van der Waals surface area (Å²) in [5, 5.41) is 12.1. The van der Waals surface area contributed by atoms with Gasteiger partial charge in [0.05, 0.1) is 18.8 Å². The first-order chi connectivity index (χ1) is 6.29. The third kappa shape index (κ3) is 5.24. The Hall–Kier alpha value is -0.120. The Labute approximate surface area is 80.5 Å². The first kappa shape index (κ1) is 11.0. The summed E-state index contributed by atoms with van der Waals surface area (Å²) in [6.07, 6.45) is 5.37. The molecule has 0 heterocycles. The van der Waals surface area contributed by atoms with Crippen molar-refractivity contribution in [3.8, 4) is 0 Å². The molecule has 1 rings (SSSR count). The van der Waals surface area contributed by atoms with Crippen LogP contribution in [-0.4, -0.2) is 37.0 Å². The van der Waals surface area contributed by atoms with Crippen LogP contribution < -0.4 is 5.32 Å². The third-order valence-corrected chi connectivity index (χ3v) is 2.37. The zero-order valence-electron chi connectivity index (χ0n) is 8.46. The molecule has 3 nitrogen and oxygen atoms in total. The van der Waals surface area contributed by atoms with Crippen molar-refractivity contribution in [2.24, 2.45) is 0 Å². The van der Waals surface area contributed by atoms with Crippen LogP contribution in [0, 0.1) is 0 Å². The normalized spacial score (nSPS) is 20.8. The van der Waals surface area contributed by atoms with Crippen LogP contribution in [0.15, 0.2) is 0 Å². The van der Waals surface area contributed by atoms with Crippen LogP contribution in [0.2, 0.25) is 0 Å². The fourth-order valence-electron chi connectivity index (χ4n) is 1.66. The number of ether oxygens (including phenoxy) is 1. The predicted molar refractivity (Wildman–Crippen MR) is 52.8 cm³/mol. The van der Waals surface area contributed by atoms with Crippen LogP contribution in [-0.2, 0) is 4.74 Å². The number of hydrogen-bond acceptors (Lipinski definition) is 3. The van der Waals surface area contributed by atoms with Crippen molar-refractivity contribution in [2.45, 2.75) is 44.8 Å². The maximum Gasteiger partial charge on any atom is 0.0636 e. The minimum absolute atomic E-state index is 0.258. The van der Waals surface area contributed by atoms with Gasteiger partial charge < -0.3 is 15.2 Å². The van der Waals surface area contributed by atoms with Crippen LogP contribution in [0.25, 0.3) is 0 Å². The average Bonchev–Trinajstić information content (AvgIpc) is 2.55. The van der Waals surface area contributed by atoms with Gasteiger partial charge in [0, 0.05) is 13.1 Å². The van der Waals surface area contributed by atoms with Gasteiger partial charge in [-0.2, -0.15) is 0 Å². The van der Waals surface area contributed by atoms with Gasteiger partial charge in [-0.3, -0.25) is 0 Å². The lowest BCUT2D eigenvalue weighted by molar-refractivity contribution is 0.0589. The summed E-state index contributed by atoms with van der Waals surface area (Å²) in [7, 11) is 0. The van der Waals surface area contributed by atoms with Crippen molar-refractivity contribution in [1.29, 1.82) is 0 Å². The second-order valence-electron chi connectivity index (χ2n) is 3.83. The van der Waals surface area contributed by atoms with Gasteiger partial charge in [-0.25, -0.2) is 0 Å². The molecule has 2 N–H and O–H groups in total. The number of aliphatic hydroxyl groups is 1. The highest BCUT2D eigenvalue weighted by atomic mass is 16.5. The fourth-order valence-corrected chi connectivity index (χ4v) is 1.66. The summed E-state index contributed by atoms with van der Waals surface area (Å²) in [6, 6.07) is 0. The molecule has 1 aliphatic rings. The lowest BCUT2D eigenvalue weighted by atomic mass is 10.3. The smallest absolute Gasteiger partial charge is 0.0636 e.